The van der Waals surface area contributed by atoms with Gasteiger partial charge in [-0.3, -0.25) is 0 Å². The number of carboxylic acid groups (broad SMARTS) is 2. The van der Waals surface area contributed by atoms with Crippen LogP contribution < -0.4 is 5.73 Å². The predicted molar refractivity (Wildman–Crippen MR) is 39.2 cm³/mol. The lowest BCUT2D eigenvalue weighted by Gasteiger charge is -1.91. The number of aliphatic carboxylic acids is 2. The van der Waals surface area contributed by atoms with Crippen molar-refractivity contribution in [3.63, 3.8) is 0 Å². The summed E-state index contributed by atoms with van der Waals surface area (Å²) in [5, 5.41) is 14.8. The Morgan fingerprint density at radius 3 is 1.45 bits per heavy atom. The average Bonchev–Trinajstić information content (AvgIpc) is 1.89. The maximum Gasteiger partial charge on any atom is 0.414 e. The summed E-state index contributed by atoms with van der Waals surface area (Å²) in [7, 11) is 0. The summed E-state index contributed by atoms with van der Waals surface area (Å²) in [6.45, 7) is 5.00. The molecule has 0 aliphatic rings. The monoisotopic (exact) mass is 163 g/mol. The van der Waals surface area contributed by atoms with Gasteiger partial charge in [0.1, 0.15) is 0 Å². The van der Waals surface area contributed by atoms with Gasteiger partial charge in [-0.05, 0) is 12.5 Å². The van der Waals surface area contributed by atoms with Crippen LogP contribution in [0.5, 0.6) is 0 Å². The molecule has 0 aromatic carbocycles. The van der Waals surface area contributed by atoms with Crippen LogP contribution >= 0.6 is 0 Å². The van der Waals surface area contributed by atoms with Gasteiger partial charge in [0.25, 0.3) is 0 Å². The van der Waals surface area contributed by atoms with Crippen LogP contribution in [0.15, 0.2) is 0 Å². The Morgan fingerprint density at radius 1 is 1.27 bits per heavy atom. The molecule has 0 saturated carbocycles. The molecule has 0 heterocycles. The molecule has 11 heavy (non-hydrogen) atoms. The first kappa shape index (κ1) is 12.6. The minimum atomic E-state index is -1.82. The first-order valence-corrected chi connectivity index (χ1v) is 3.08. The second-order valence-electron chi connectivity index (χ2n) is 2.24. The maximum absolute atomic E-state index is 9.10. The van der Waals surface area contributed by atoms with Crippen LogP contribution in [0, 0.1) is 5.92 Å². The highest BCUT2D eigenvalue weighted by Gasteiger charge is 2.04. The molecule has 5 heteroatoms. The van der Waals surface area contributed by atoms with Gasteiger partial charge in [-0.25, -0.2) is 9.59 Å². The highest BCUT2D eigenvalue weighted by Crippen LogP contribution is 1.81. The smallest absolute Gasteiger partial charge is 0.414 e. The lowest BCUT2D eigenvalue weighted by molar-refractivity contribution is -0.159. The molecule has 0 saturated heterocycles. The number of rotatable bonds is 1. The Bertz CT molecular complexity index is 121. The second kappa shape index (κ2) is 7.01. The van der Waals surface area contributed by atoms with Crippen molar-refractivity contribution in [3.8, 4) is 0 Å². The van der Waals surface area contributed by atoms with E-state index in [1.165, 1.54) is 0 Å². The highest BCUT2D eigenvalue weighted by molar-refractivity contribution is 6.27. The fraction of sp³-hybridized carbons (Fsp3) is 0.667. The predicted octanol–water partition coefficient (Wildman–Crippen LogP) is -0.243. The summed E-state index contributed by atoms with van der Waals surface area (Å²) in [5.41, 5.74) is 5.17. The van der Waals surface area contributed by atoms with Crippen molar-refractivity contribution < 1.29 is 19.8 Å². The normalized spacial score (nSPS) is 8.36. The minimum absolute atomic E-state index is 0.662. The topological polar surface area (TPSA) is 101 Å². The van der Waals surface area contributed by atoms with Crippen molar-refractivity contribution >= 4 is 11.9 Å². The van der Waals surface area contributed by atoms with E-state index >= 15 is 0 Å². The van der Waals surface area contributed by atoms with E-state index in [1.807, 2.05) is 0 Å². The Balaban J connectivity index is 0. The van der Waals surface area contributed by atoms with Crippen molar-refractivity contribution in [2.45, 2.75) is 13.8 Å². The van der Waals surface area contributed by atoms with Gasteiger partial charge >= 0.3 is 11.9 Å². The minimum Gasteiger partial charge on any atom is -0.473 e. The van der Waals surface area contributed by atoms with Gasteiger partial charge in [0.2, 0.25) is 0 Å². The molecular weight excluding hydrogens is 150 g/mol. The van der Waals surface area contributed by atoms with E-state index in [0.717, 1.165) is 6.54 Å². The van der Waals surface area contributed by atoms with E-state index in [1.54, 1.807) is 0 Å². The zero-order valence-electron chi connectivity index (χ0n) is 6.57. The fourth-order valence-electron chi connectivity index (χ4n) is 0. The summed E-state index contributed by atoms with van der Waals surface area (Å²) >= 11 is 0. The highest BCUT2D eigenvalue weighted by atomic mass is 16.4. The van der Waals surface area contributed by atoms with Crippen molar-refractivity contribution in [2.24, 2.45) is 11.7 Å². The first-order valence-electron chi connectivity index (χ1n) is 3.08. The van der Waals surface area contributed by atoms with E-state index in [9.17, 15) is 0 Å². The number of hydrogen-bond acceptors (Lipinski definition) is 3. The van der Waals surface area contributed by atoms with E-state index in [-0.39, 0.29) is 0 Å². The van der Waals surface area contributed by atoms with Crippen molar-refractivity contribution in [1.29, 1.82) is 0 Å². The number of carbonyl (C=O) groups is 2. The lowest BCUT2D eigenvalue weighted by Crippen LogP contribution is -2.09. The standard InChI is InChI=1S/C4H11N.C2H2O4/c1-4(2)3-5;3-1(4)2(5)6/h4H,3,5H2,1-2H3;(H,3,4)(H,5,6). The molecule has 66 valence electrons. The van der Waals surface area contributed by atoms with Gasteiger partial charge < -0.3 is 15.9 Å². The van der Waals surface area contributed by atoms with Gasteiger partial charge in [-0.15, -0.1) is 0 Å². The molecule has 0 unspecified atom stereocenters. The van der Waals surface area contributed by atoms with Crippen LogP contribution in [0.3, 0.4) is 0 Å². The zero-order valence-corrected chi connectivity index (χ0v) is 6.57. The van der Waals surface area contributed by atoms with Gasteiger partial charge in [0, 0.05) is 0 Å². The molecule has 5 nitrogen and oxygen atoms in total. The first-order chi connectivity index (χ1) is 4.91. The molecule has 0 amide bonds. The third-order valence-electron chi connectivity index (χ3n) is 0.654. The molecule has 0 radical (unpaired) electrons. The van der Waals surface area contributed by atoms with E-state index in [2.05, 4.69) is 13.8 Å². The van der Waals surface area contributed by atoms with Crippen LogP contribution in [0.25, 0.3) is 0 Å². The van der Waals surface area contributed by atoms with E-state index in [4.69, 9.17) is 25.5 Å². The summed E-state index contributed by atoms with van der Waals surface area (Å²) in [6.07, 6.45) is 0. The summed E-state index contributed by atoms with van der Waals surface area (Å²) in [6, 6.07) is 0. The van der Waals surface area contributed by atoms with E-state index in [0.29, 0.717) is 5.92 Å². The molecule has 4 N–H and O–H groups in total. The van der Waals surface area contributed by atoms with Crippen LogP contribution in [0.4, 0.5) is 0 Å². The Labute approximate surface area is 64.8 Å². The summed E-state index contributed by atoms with van der Waals surface area (Å²) in [5.74, 6) is -2.99. The largest absolute Gasteiger partial charge is 0.473 e. The van der Waals surface area contributed by atoms with Gasteiger partial charge in [0.05, 0.1) is 0 Å². The van der Waals surface area contributed by atoms with Crippen molar-refractivity contribution in [3.05, 3.63) is 0 Å². The van der Waals surface area contributed by atoms with Crippen LogP contribution in [-0.4, -0.2) is 28.7 Å². The summed E-state index contributed by atoms with van der Waals surface area (Å²) < 4.78 is 0. The molecule has 0 rings (SSSR count). The van der Waals surface area contributed by atoms with Crippen molar-refractivity contribution in [1.82, 2.24) is 0 Å². The SMILES string of the molecule is CC(C)CN.O=C(O)C(=O)O. The third-order valence-corrected chi connectivity index (χ3v) is 0.654. The summed E-state index contributed by atoms with van der Waals surface area (Å²) in [4.78, 5) is 18.2. The number of nitrogens with two attached hydrogens (primary N) is 1. The van der Waals surface area contributed by atoms with Crippen LogP contribution in [-0.2, 0) is 9.59 Å². The van der Waals surface area contributed by atoms with Crippen LogP contribution in [0.2, 0.25) is 0 Å². The molecular formula is C6H13NO4. The van der Waals surface area contributed by atoms with Gasteiger partial charge in [-0.2, -0.15) is 0 Å². The molecule has 0 atom stereocenters. The maximum atomic E-state index is 9.10. The van der Waals surface area contributed by atoms with Crippen LogP contribution in [0.1, 0.15) is 13.8 Å². The number of hydrogen-bond donors (Lipinski definition) is 3. The Hall–Kier alpha value is -1.10. The average molecular weight is 163 g/mol. The second-order valence-corrected chi connectivity index (χ2v) is 2.24. The molecule has 0 bridgehead atoms. The molecule has 0 aromatic rings. The third kappa shape index (κ3) is 17.6. The molecule has 0 fully saturated rings. The number of carboxylic acids is 2. The molecule has 0 spiro atoms. The molecule has 0 aromatic heterocycles. The Morgan fingerprint density at radius 2 is 1.45 bits per heavy atom. The fourth-order valence-corrected chi connectivity index (χ4v) is 0. The molecule has 0 aliphatic carbocycles. The lowest BCUT2D eigenvalue weighted by atomic mass is 10.2. The van der Waals surface area contributed by atoms with Gasteiger partial charge in [0.15, 0.2) is 0 Å². The quantitative estimate of drug-likeness (QED) is 0.463. The van der Waals surface area contributed by atoms with Gasteiger partial charge in [-0.1, -0.05) is 13.8 Å². The van der Waals surface area contributed by atoms with Crippen molar-refractivity contribution in [2.75, 3.05) is 6.54 Å². The Kier molecular flexibility index (Phi) is 8.01. The van der Waals surface area contributed by atoms with E-state index < -0.39 is 11.9 Å². The zero-order chi connectivity index (χ0) is 9.44. The molecule has 0 aliphatic heterocycles.